The summed E-state index contributed by atoms with van der Waals surface area (Å²) in [6.45, 7) is 0. The van der Waals surface area contributed by atoms with Crippen LogP contribution in [0.1, 0.15) is 0 Å². The van der Waals surface area contributed by atoms with E-state index in [0.717, 1.165) is 39.1 Å². The van der Waals surface area contributed by atoms with Gasteiger partial charge in [-0.2, -0.15) is 0 Å². The second kappa shape index (κ2) is 11.0. The maximum Gasteiger partial charge on any atom is 0.134 e. The van der Waals surface area contributed by atoms with Crippen molar-refractivity contribution in [2.24, 2.45) is 0 Å². The van der Waals surface area contributed by atoms with Gasteiger partial charge in [0, 0.05) is 38.9 Å². The number of benzene rings is 8. The molecule has 0 aliphatic rings. The van der Waals surface area contributed by atoms with Crippen molar-refractivity contribution in [1.29, 1.82) is 0 Å². The lowest BCUT2D eigenvalue weighted by atomic mass is 9.91. The highest BCUT2D eigenvalue weighted by Gasteiger charge is 2.18. The average molecular weight is 627 g/mol. The van der Waals surface area contributed by atoms with E-state index in [4.69, 9.17) is 4.42 Å². The Bertz CT molecular complexity index is 2760. The Balaban J connectivity index is 1.24. The molecule has 2 aromatic heterocycles. The fourth-order valence-electron chi connectivity index (χ4n) is 7.56. The molecule has 49 heavy (non-hydrogen) atoms. The van der Waals surface area contributed by atoms with Crippen LogP contribution in [0.4, 0.5) is 17.1 Å². The number of hydrogen-bond acceptors (Lipinski definition) is 2. The van der Waals surface area contributed by atoms with Gasteiger partial charge in [-0.05, 0) is 124 Å². The first-order valence-electron chi connectivity index (χ1n) is 16.7. The van der Waals surface area contributed by atoms with Crippen LogP contribution in [0.25, 0.3) is 71.1 Å². The average Bonchev–Trinajstić information content (AvgIpc) is 3.76. The molecule has 0 fully saturated rings. The first kappa shape index (κ1) is 27.5. The van der Waals surface area contributed by atoms with Crippen LogP contribution >= 0.6 is 0 Å². The van der Waals surface area contributed by atoms with Crippen LogP contribution in [0.3, 0.4) is 0 Å². The number of furan rings is 1. The van der Waals surface area contributed by atoms with Gasteiger partial charge in [0.25, 0.3) is 0 Å². The SMILES string of the molecule is c1ccc(N(c2ccccc2)c2ccc(-c3cc4cc5occc5cc4c4cc5c(cc34)c3ccccc3n5-c3ccccc3)cc2)cc1. The van der Waals surface area contributed by atoms with Crippen LogP contribution in [0.5, 0.6) is 0 Å². The second-order valence-electron chi connectivity index (χ2n) is 12.6. The van der Waals surface area contributed by atoms with E-state index in [1.54, 1.807) is 6.26 Å². The summed E-state index contributed by atoms with van der Waals surface area (Å²) in [5.41, 5.74) is 10.2. The lowest BCUT2D eigenvalue weighted by Crippen LogP contribution is -2.09. The first-order chi connectivity index (χ1) is 24.3. The number of fused-ring (bicyclic) bond motifs is 7. The van der Waals surface area contributed by atoms with Gasteiger partial charge >= 0.3 is 0 Å². The summed E-state index contributed by atoms with van der Waals surface area (Å²) in [6.07, 6.45) is 1.78. The van der Waals surface area contributed by atoms with E-state index in [0.29, 0.717) is 0 Å². The minimum atomic E-state index is 0.897. The molecular formula is C46H30N2O. The smallest absolute Gasteiger partial charge is 0.134 e. The van der Waals surface area contributed by atoms with Gasteiger partial charge in [0.1, 0.15) is 5.58 Å². The Morgan fingerprint density at radius 2 is 1.06 bits per heavy atom. The molecule has 0 amide bonds. The van der Waals surface area contributed by atoms with Gasteiger partial charge in [-0.1, -0.05) is 84.9 Å². The molecule has 0 aliphatic heterocycles. The Kier molecular flexibility index (Phi) is 6.18. The summed E-state index contributed by atoms with van der Waals surface area (Å²) in [4.78, 5) is 2.30. The molecule has 0 aliphatic carbocycles. The summed E-state index contributed by atoms with van der Waals surface area (Å²) in [6, 6.07) is 63.2. The summed E-state index contributed by atoms with van der Waals surface area (Å²) in [7, 11) is 0. The molecule has 0 atom stereocenters. The highest BCUT2D eigenvalue weighted by atomic mass is 16.3. The number of rotatable bonds is 5. The molecule has 0 unspecified atom stereocenters. The summed E-state index contributed by atoms with van der Waals surface area (Å²) in [5.74, 6) is 0. The number of aromatic nitrogens is 1. The van der Waals surface area contributed by atoms with E-state index in [2.05, 4.69) is 185 Å². The normalized spacial score (nSPS) is 11.7. The van der Waals surface area contributed by atoms with Crippen molar-refractivity contribution < 1.29 is 4.42 Å². The van der Waals surface area contributed by atoms with Gasteiger partial charge in [-0.25, -0.2) is 0 Å². The third kappa shape index (κ3) is 4.44. The zero-order valence-corrected chi connectivity index (χ0v) is 26.6. The molecule has 3 nitrogen and oxygen atoms in total. The third-order valence-electron chi connectivity index (χ3n) is 9.80. The molecule has 0 saturated heterocycles. The van der Waals surface area contributed by atoms with E-state index in [1.165, 1.54) is 49.1 Å². The zero-order valence-electron chi connectivity index (χ0n) is 26.6. The number of anilines is 3. The van der Waals surface area contributed by atoms with Crippen molar-refractivity contribution in [3.63, 3.8) is 0 Å². The van der Waals surface area contributed by atoms with Crippen molar-refractivity contribution in [2.75, 3.05) is 4.90 Å². The van der Waals surface area contributed by atoms with E-state index in [-0.39, 0.29) is 0 Å². The molecule has 0 spiro atoms. The molecule has 230 valence electrons. The molecule has 3 heteroatoms. The maximum atomic E-state index is 5.89. The maximum absolute atomic E-state index is 5.89. The number of para-hydroxylation sites is 4. The van der Waals surface area contributed by atoms with Gasteiger partial charge in [-0.15, -0.1) is 0 Å². The predicted molar refractivity (Wildman–Crippen MR) is 206 cm³/mol. The topological polar surface area (TPSA) is 21.3 Å². The Morgan fingerprint density at radius 3 is 1.80 bits per heavy atom. The quantitative estimate of drug-likeness (QED) is 0.177. The largest absolute Gasteiger partial charge is 0.464 e. The Hall–Kier alpha value is -6.58. The van der Waals surface area contributed by atoms with Gasteiger partial charge in [0.15, 0.2) is 0 Å². The van der Waals surface area contributed by atoms with Crippen LogP contribution in [-0.2, 0) is 0 Å². The number of nitrogens with zero attached hydrogens (tertiary/aromatic N) is 2. The van der Waals surface area contributed by atoms with E-state index >= 15 is 0 Å². The van der Waals surface area contributed by atoms with Crippen LogP contribution in [0.2, 0.25) is 0 Å². The minimum absolute atomic E-state index is 0.897. The van der Waals surface area contributed by atoms with Crippen LogP contribution in [0.15, 0.2) is 187 Å². The highest BCUT2D eigenvalue weighted by molar-refractivity contribution is 6.22. The monoisotopic (exact) mass is 626 g/mol. The molecule has 0 bridgehead atoms. The van der Waals surface area contributed by atoms with Gasteiger partial charge in [0.05, 0.1) is 17.3 Å². The molecular weight excluding hydrogens is 597 g/mol. The van der Waals surface area contributed by atoms with Crippen molar-refractivity contribution in [3.8, 4) is 16.8 Å². The van der Waals surface area contributed by atoms with Crippen molar-refractivity contribution in [2.45, 2.75) is 0 Å². The fraction of sp³-hybridized carbons (Fsp3) is 0. The third-order valence-corrected chi connectivity index (χ3v) is 9.80. The van der Waals surface area contributed by atoms with Crippen molar-refractivity contribution >= 4 is 71.4 Å². The standard InChI is InChI=1S/C46H30N2O/c1-4-12-34(13-5-1)47(35-14-6-2-7-15-35)37-22-20-31(21-23-37)39-27-33-28-46-32(24-25-49-46)26-40(33)42-30-45-43(29-41(39)42)38-18-10-11-19-44(38)48(45)36-16-8-3-9-17-36/h1-30H. The van der Waals surface area contributed by atoms with E-state index in [1.807, 2.05) is 0 Å². The van der Waals surface area contributed by atoms with Crippen molar-refractivity contribution in [3.05, 3.63) is 182 Å². The van der Waals surface area contributed by atoms with Gasteiger partial charge in [0.2, 0.25) is 0 Å². The molecule has 0 N–H and O–H groups in total. The molecule has 10 aromatic rings. The minimum Gasteiger partial charge on any atom is -0.464 e. The summed E-state index contributed by atoms with van der Waals surface area (Å²) in [5, 5.41) is 8.43. The van der Waals surface area contributed by atoms with Gasteiger partial charge in [-0.3, -0.25) is 0 Å². The molecule has 10 rings (SSSR count). The predicted octanol–water partition coefficient (Wildman–Crippen LogP) is 13.0. The first-order valence-corrected chi connectivity index (χ1v) is 16.7. The van der Waals surface area contributed by atoms with Gasteiger partial charge < -0.3 is 13.9 Å². The Morgan fingerprint density at radius 1 is 0.408 bits per heavy atom. The molecule has 2 heterocycles. The van der Waals surface area contributed by atoms with E-state index in [9.17, 15) is 0 Å². The Labute approximate surface area is 283 Å². The summed E-state index contributed by atoms with van der Waals surface area (Å²) < 4.78 is 8.29. The highest BCUT2D eigenvalue weighted by Crippen LogP contribution is 2.43. The summed E-state index contributed by atoms with van der Waals surface area (Å²) >= 11 is 0. The zero-order chi connectivity index (χ0) is 32.3. The van der Waals surface area contributed by atoms with E-state index < -0.39 is 0 Å². The molecule has 0 saturated carbocycles. The lowest BCUT2D eigenvalue weighted by molar-refractivity contribution is 0.616. The lowest BCUT2D eigenvalue weighted by Gasteiger charge is -2.25. The molecule has 0 radical (unpaired) electrons. The van der Waals surface area contributed by atoms with Crippen LogP contribution < -0.4 is 4.90 Å². The van der Waals surface area contributed by atoms with Crippen molar-refractivity contribution in [1.82, 2.24) is 4.57 Å². The van der Waals surface area contributed by atoms with Crippen LogP contribution in [0, 0.1) is 0 Å². The second-order valence-corrected chi connectivity index (χ2v) is 12.6. The van der Waals surface area contributed by atoms with Crippen LogP contribution in [-0.4, -0.2) is 4.57 Å². The molecule has 8 aromatic carbocycles. The fourth-order valence-corrected chi connectivity index (χ4v) is 7.56. The number of hydrogen-bond donors (Lipinski definition) is 0.